The molecule has 1 atom stereocenters. The van der Waals surface area contributed by atoms with E-state index < -0.39 is 15.8 Å². The van der Waals surface area contributed by atoms with Crippen LogP contribution in [0.15, 0.2) is 53.4 Å². The number of halogens is 1. The molecule has 2 aromatic carbocycles. The van der Waals surface area contributed by atoms with Crippen LogP contribution in [0.4, 0.5) is 4.39 Å². The summed E-state index contributed by atoms with van der Waals surface area (Å²) in [6.45, 7) is 0.581. The van der Waals surface area contributed by atoms with E-state index in [1.807, 2.05) is 12.1 Å². The fourth-order valence-corrected chi connectivity index (χ4v) is 5.78. The summed E-state index contributed by atoms with van der Waals surface area (Å²) >= 11 is 0. The smallest absolute Gasteiger partial charge is 0.243 e. The van der Waals surface area contributed by atoms with E-state index in [-0.39, 0.29) is 22.8 Å². The van der Waals surface area contributed by atoms with Crippen molar-refractivity contribution in [3.8, 4) is 0 Å². The van der Waals surface area contributed by atoms with E-state index in [0.29, 0.717) is 25.9 Å². The Morgan fingerprint density at radius 3 is 2.41 bits per heavy atom. The van der Waals surface area contributed by atoms with Crippen molar-refractivity contribution < 1.29 is 17.6 Å². The van der Waals surface area contributed by atoms with E-state index >= 15 is 0 Å². The van der Waals surface area contributed by atoms with E-state index in [0.717, 1.165) is 31.4 Å². The summed E-state index contributed by atoms with van der Waals surface area (Å²) < 4.78 is 39.9. The number of hydrogen-bond acceptors (Lipinski definition) is 3. The number of fused-ring (bicyclic) bond motifs is 1. The van der Waals surface area contributed by atoms with Gasteiger partial charge in [-0.25, -0.2) is 12.8 Å². The highest BCUT2D eigenvalue weighted by molar-refractivity contribution is 7.89. The van der Waals surface area contributed by atoms with Gasteiger partial charge in [-0.15, -0.1) is 0 Å². The SMILES string of the molecule is O=C(NC1CCCc2ccccc21)C1CCN(S(=O)(=O)c2ccc(F)cc2)CC1. The maximum absolute atomic E-state index is 13.1. The fraction of sp³-hybridized carbons (Fsp3) is 0.409. The molecule has 1 aliphatic heterocycles. The fourth-order valence-electron chi connectivity index (χ4n) is 4.31. The number of hydrogen-bond donors (Lipinski definition) is 1. The van der Waals surface area contributed by atoms with Crippen LogP contribution in [0.2, 0.25) is 0 Å². The monoisotopic (exact) mass is 416 g/mol. The molecular weight excluding hydrogens is 391 g/mol. The second kappa shape index (κ2) is 8.24. The molecule has 1 amide bonds. The summed E-state index contributed by atoms with van der Waals surface area (Å²) in [5, 5.41) is 3.19. The number of nitrogens with zero attached hydrogens (tertiary/aromatic N) is 1. The van der Waals surface area contributed by atoms with E-state index in [2.05, 4.69) is 17.4 Å². The molecule has 0 saturated carbocycles. The van der Waals surface area contributed by atoms with Gasteiger partial charge in [0.1, 0.15) is 5.82 Å². The molecule has 1 fully saturated rings. The first-order valence-corrected chi connectivity index (χ1v) is 11.5. The topological polar surface area (TPSA) is 66.5 Å². The molecular formula is C22H25FN2O3S. The Labute approximate surface area is 171 Å². The molecule has 0 radical (unpaired) electrons. The molecule has 2 aromatic rings. The van der Waals surface area contributed by atoms with Crippen molar-refractivity contribution in [2.45, 2.75) is 43.0 Å². The molecule has 4 rings (SSSR count). The van der Waals surface area contributed by atoms with E-state index in [1.165, 1.54) is 27.6 Å². The van der Waals surface area contributed by atoms with Crippen molar-refractivity contribution in [2.75, 3.05) is 13.1 Å². The number of carbonyl (C=O) groups is 1. The van der Waals surface area contributed by atoms with Crippen LogP contribution in [0.25, 0.3) is 0 Å². The maximum Gasteiger partial charge on any atom is 0.243 e. The molecule has 154 valence electrons. The van der Waals surface area contributed by atoms with Gasteiger partial charge >= 0.3 is 0 Å². The first-order valence-electron chi connectivity index (χ1n) is 10.1. The molecule has 0 spiro atoms. The average Bonchev–Trinajstić information content (AvgIpc) is 2.74. The zero-order valence-electron chi connectivity index (χ0n) is 16.2. The standard InChI is InChI=1S/C22H25FN2O3S/c23-18-8-10-19(11-9-18)29(27,28)25-14-12-17(13-15-25)22(26)24-21-7-3-5-16-4-1-2-6-20(16)21/h1-2,4,6,8-11,17,21H,3,5,7,12-15H2,(H,24,26). The van der Waals surface area contributed by atoms with Crippen LogP contribution < -0.4 is 5.32 Å². The third kappa shape index (κ3) is 4.21. The van der Waals surface area contributed by atoms with Crippen LogP contribution in [0.3, 0.4) is 0 Å². The van der Waals surface area contributed by atoms with Gasteiger partial charge < -0.3 is 5.32 Å². The first-order chi connectivity index (χ1) is 13.9. The molecule has 1 aliphatic carbocycles. The van der Waals surface area contributed by atoms with Crippen molar-refractivity contribution in [3.63, 3.8) is 0 Å². The van der Waals surface area contributed by atoms with Crippen LogP contribution >= 0.6 is 0 Å². The van der Waals surface area contributed by atoms with Crippen LogP contribution in [0.1, 0.15) is 42.9 Å². The Balaban J connectivity index is 1.37. The van der Waals surface area contributed by atoms with Gasteiger partial charge in [0.05, 0.1) is 10.9 Å². The third-order valence-electron chi connectivity index (χ3n) is 5.96. The molecule has 2 aliphatic rings. The van der Waals surface area contributed by atoms with Gasteiger partial charge in [0.25, 0.3) is 0 Å². The molecule has 1 unspecified atom stereocenters. The summed E-state index contributed by atoms with van der Waals surface area (Å²) in [5.74, 6) is -0.655. The number of sulfonamides is 1. The minimum atomic E-state index is -3.66. The Kier molecular flexibility index (Phi) is 5.69. The van der Waals surface area contributed by atoms with Crippen molar-refractivity contribution in [2.24, 2.45) is 5.92 Å². The number of aryl methyl sites for hydroxylation is 1. The third-order valence-corrected chi connectivity index (χ3v) is 7.87. The van der Waals surface area contributed by atoms with Gasteiger partial charge in [-0.2, -0.15) is 4.31 Å². The Bertz CT molecular complexity index is 983. The summed E-state index contributed by atoms with van der Waals surface area (Å²) in [5.41, 5.74) is 2.49. The van der Waals surface area contributed by atoms with Crippen LogP contribution in [0, 0.1) is 11.7 Å². The van der Waals surface area contributed by atoms with Gasteiger partial charge in [0.2, 0.25) is 15.9 Å². The lowest BCUT2D eigenvalue weighted by Crippen LogP contribution is -2.44. The zero-order chi connectivity index (χ0) is 20.4. The predicted molar refractivity (Wildman–Crippen MR) is 108 cm³/mol. The van der Waals surface area contributed by atoms with E-state index in [9.17, 15) is 17.6 Å². The van der Waals surface area contributed by atoms with Gasteiger partial charge in [0.15, 0.2) is 0 Å². The average molecular weight is 417 g/mol. The minimum Gasteiger partial charge on any atom is -0.349 e. The van der Waals surface area contributed by atoms with Gasteiger partial charge in [-0.3, -0.25) is 4.79 Å². The van der Waals surface area contributed by atoms with E-state index in [1.54, 1.807) is 0 Å². The summed E-state index contributed by atoms with van der Waals surface area (Å²) in [6, 6.07) is 13.1. The molecule has 1 N–H and O–H groups in total. The highest BCUT2D eigenvalue weighted by Crippen LogP contribution is 2.31. The Hall–Kier alpha value is -2.25. The Morgan fingerprint density at radius 1 is 1.00 bits per heavy atom. The van der Waals surface area contributed by atoms with E-state index in [4.69, 9.17) is 0 Å². The lowest BCUT2D eigenvalue weighted by molar-refractivity contribution is -0.127. The molecule has 0 bridgehead atoms. The van der Waals surface area contributed by atoms with Crippen LogP contribution in [-0.4, -0.2) is 31.7 Å². The van der Waals surface area contributed by atoms with Crippen molar-refractivity contribution in [1.29, 1.82) is 0 Å². The van der Waals surface area contributed by atoms with Crippen molar-refractivity contribution in [1.82, 2.24) is 9.62 Å². The molecule has 5 nitrogen and oxygen atoms in total. The predicted octanol–water partition coefficient (Wildman–Crippen LogP) is 3.42. The number of carbonyl (C=O) groups excluding carboxylic acids is 1. The van der Waals surface area contributed by atoms with Gasteiger partial charge in [-0.05, 0) is 67.5 Å². The minimum absolute atomic E-state index is 0.00512. The summed E-state index contributed by atoms with van der Waals surface area (Å²) in [7, 11) is -3.66. The molecule has 1 heterocycles. The number of amides is 1. The lowest BCUT2D eigenvalue weighted by atomic mass is 9.87. The maximum atomic E-state index is 13.1. The number of benzene rings is 2. The van der Waals surface area contributed by atoms with Gasteiger partial charge in [-0.1, -0.05) is 24.3 Å². The van der Waals surface area contributed by atoms with Crippen LogP contribution in [-0.2, 0) is 21.2 Å². The molecule has 29 heavy (non-hydrogen) atoms. The zero-order valence-corrected chi connectivity index (χ0v) is 17.0. The summed E-state index contributed by atoms with van der Waals surface area (Å²) in [4.78, 5) is 12.9. The van der Waals surface area contributed by atoms with Gasteiger partial charge in [0, 0.05) is 19.0 Å². The quantitative estimate of drug-likeness (QED) is 0.831. The highest BCUT2D eigenvalue weighted by atomic mass is 32.2. The lowest BCUT2D eigenvalue weighted by Gasteiger charge is -2.32. The number of piperidine rings is 1. The second-order valence-electron chi connectivity index (χ2n) is 7.78. The normalized spacial score (nSPS) is 20.8. The number of nitrogens with one attached hydrogen (secondary N) is 1. The largest absolute Gasteiger partial charge is 0.349 e. The summed E-state index contributed by atoms with van der Waals surface area (Å²) in [6.07, 6.45) is 4.00. The molecule has 0 aromatic heterocycles. The first kappa shape index (κ1) is 20.0. The number of rotatable bonds is 4. The Morgan fingerprint density at radius 2 is 1.69 bits per heavy atom. The second-order valence-corrected chi connectivity index (χ2v) is 9.72. The van der Waals surface area contributed by atoms with Crippen LogP contribution in [0.5, 0.6) is 0 Å². The van der Waals surface area contributed by atoms with Crippen molar-refractivity contribution >= 4 is 15.9 Å². The highest BCUT2D eigenvalue weighted by Gasteiger charge is 2.33. The molecule has 7 heteroatoms. The molecule has 1 saturated heterocycles. The van der Waals surface area contributed by atoms with Crippen molar-refractivity contribution in [3.05, 3.63) is 65.5 Å².